The SMILES string of the molecule is O=C(OC1CCC(c2ccc(OCC3CO3)cc2)CC1)c1ccc(OCC(O)COc2cccc(OCC(O)COc3ccc(C(=O)OC4CCC(c5ccc(OCC6CO6)cc5)CC4)cc3)c2)cc1. The van der Waals surface area contributed by atoms with E-state index in [1.807, 2.05) is 24.3 Å². The second-order valence-corrected chi connectivity index (χ2v) is 18.5. The van der Waals surface area contributed by atoms with Crippen molar-refractivity contribution in [3.8, 4) is 34.5 Å². The van der Waals surface area contributed by atoms with Crippen molar-refractivity contribution < 1.29 is 67.2 Å². The van der Waals surface area contributed by atoms with Crippen LogP contribution in [0.15, 0.2) is 121 Å². The first-order chi connectivity index (χ1) is 34.2. The van der Waals surface area contributed by atoms with E-state index >= 15 is 0 Å². The second-order valence-electron chi connectivity index (χ2n) is 18.5. The highest BCUT2D eigenvalue weighted by Gasteiger charge is 2.28. The van der Waals surface area contributed by atoms with Crippen LogP contribution in [-0.2, 0) is 18.9 Å². The number of aliphatic hydroxyl groups is 2. The highest BCUT2D eigenvalue weighted by molar-refractivity contribution is 5.90. The van der Waals surface area contributed by atoms with E-state index in [0.717, 1.165) is 76.1 Å². The predicted octanol–water partition coefficient (Wildman–Crippen LogP) is 8.65. The van der Waals surface area contributed by atoms with E-state index in [1.54, 1.807) is 72.8 Å². The molecule has 0 spiro atoms. The van der Waals surface area contributed by atoms with E-state index < -0.39 is 12.2 Å². The standard InChI is InChI=1S/C56H62O14/c57-43(29-61-45-20-12-41(13-21-45)55(59)69-49-24-8-39(9-25-49)37-4-16-47(17-5-37)65-33-53-35-67-53)31-63-51-2-1-3-52(28-51)64-32-44(58)30-62-46-22-14-42(15-23-46)56(60)70-50-26-10-40(11-27-50)38-6-18-48(19-7-38)66-34-54-36-68-54/h1-7,12-23,28,39-40,43-44,49-50,53-54,57-58H,8-11,24-27,29-36H2. The van der Waals surface area contributed by atoms with E-state index in [1.165, 1.54) is 11.1 Å². The quantitative estimate of drug-likeness (QED) is 0.0444. The van der Waals surface area contributed by atoms with Crippen molar-refractivity contribution in [2.45, 2.75) is 99.8 Å². The fraction of sp³-hybridized carbons (Fsp3) is 0.429. The number of epoxide rings is 2. The number of aliphatic hydroxyl groups excluding tert-OH is 2. The van der Waals surface area contributed by atoms with Crippen LogP contribution in [-0.4, -0.2) is 112 Å². The lowest BCUT2D eigenvalue weighted by molar-refractivity contribution is 0.0186. The van der Waals surface area contributed by atoms with Gasteiger partial charge in [0.2, 0.25) is 0 Å². The maximum atomic E-state index is 12.9. The smallest absolute Gasteiger partial charge is 0.338 e. The molecule has 4 fully saturated rings. The summed E-state index contributed by atoms with van der Waals surface area (Å²) in [5, 5.41) is 21.2. The van der Waals surface area contributed by atoms with E-state index in [9.17, 15) is 19.8 Å². The molecule has 0 bridgehead atoms. The molecule has 370 valence electrons. The normalized spacial score (nSPS) is 22.4. The summed E-state index contributed by atoms with van der Waals surface area (Å²) in [6, 6.07) is 36.8. The molecule has 9 rings (SSSR count). The molecule has 2 aliphatic carbocycles. The number of ether oxygens (including phenoxy) is 10. The van der Waals surface area contributed by atoms with Crippen molar-refractivity contribution in [2.24, 2.45) is 0 Å². The molecular weight excluding hydrogens is 897 g/mol. The molecule has 2 saturated carbocycles. The van der Waals surface area contributed by atoms with Gasteiger partial charge >= 0.3 is 11.9 Å². The largest absolute Gasteiger partial charge is 0.491 e. The number of rotatable bonds is 24. The summed E-state index contributed by atoms with van der Waals surface area (Å²) in [7, 11) is 0. The molecule has 14 heteroatoms. The first-order valence-corrected chi connectivity index (χ1v) is 24.5. The van der Waals surface area contributed by atoms with Gasteiger partial charge in [-0.1, -0.05) is 30.3 Å². The van der Waals surface area contributed by atoms with Gasteiger partial charge in [0.25, 0.3) is 0 Å². The Balaban J connectivity index is 0.617. The van der Waals surface area contributed by atoms with E-state index in [-0.39, 0.29) is 62.8 Å². The first-order valence-electron chi connectivity index (χ1n) is 24.5. The van der Waals surface area contributed by atoms with E-state index in [0.29, 0.717) is 59.2 Å². The molecule has 4 unspecified atom stereocenters. The van der Waals surface area contributed by atoms with Gasteiger partial charge in [0.1, 0.15) is 111 Å². The Bertz CT molecular complexity index is 2240. The zero-order valence-electron chi connectivity index (χ0n) is 39.3. The van der Waals surface area contributed by atoms with Crippen LogP contribution < -0.4 is 28.4 Å². The van der Waals surface area contributed by atoms with Gasteiger partial charge in [-0.05, 0) is 159 Å². The highest BCUT2D eigenvalue weighted by atomic mass is 16.6. The number of hydrogen-bond donors (Lipinski definition) is 2. The van der Waals surface area contributed by atoms with Crippen molar-refractivity contribution in [1.82, 2.24) is 0 Å². The van der Waals surface area contributed by atoms with Gasteiger partial charge < -0.3 is 57.6 Å². The summed E-state index contributed by atoms with van der Waals surface area (Å²) in [5.41, 5.74) is 3.43. The first kappa shape index (κ1) is 48.7. The van der Waals surface area contributed by atoms with Crippen molar-refractivity contribution in [1.29, 1.82) is 0 Å². The number of esters is 2. The topological polar surface area (TPSA) is 174 Å². The van der Waals surface area contributed by atoms with Crippen LogP contribution in [0.25, 0.3) is 0 Å². The molecule has 2 aliphatic heterocycles. The van der Waals surface area contributed by atoms with Crippen LogP contribution in [0.1, 0.15) is 95.0 Å². The third kappa shape index (κ3) is 14.8. The summed E-state index contributed by atoms with van der Waals surface area (Å²) < 4.78 is 56.7. The maximum absolute atomic E-state index is 12.9. The van der Waals surface area contributed by atoms with E-state index in [2.05, 4.69) is 24.3 Å². The fourth-order valence-corrected chi connectivity index (χ4v) is 8.74. The van der Waals surface area contributed by atoms with Crippen LogP contribution in [0.4, 0.5) is 0 Å². The fourth-order valence-electron chi connectivity index (χ4n) is 8.74. The van der Waals surface area contributed by atoms with Crippen LogP contribution in [0, 0.1) is 0 Å². The van der Waals surface area contributed by atoms with Crippen molar-refractivity contribution in [3.05, 3.63) is 144 Å². The summed E-state index contributed by atoms with van der Waals surface area (Å²) in [5.74, 6) is 3.76. The van der Waals surface area contributed by atoms with Crippen LogP contribution in [0.5, 0.6) is 34.5 Å². The van der Waals surface area contributed by atoms with Crippen molar-refractivity contribution in [3.63, 3.8) is 0 Å². The number of carbonyl (C=O) groups excluding carboxylic acids is 2. The Morgan fingerprint density at radius 2 is 0.771 bits per heavy atom. The molecule has 2 heterocycles. The Labute approximate surface area is 408 Å². The Hall–Kier alpha value is -6.32. The summed E-state index contributed by atoms with van der Waals surface area (Å²) in [6.07, 6.45) is 5.33. The molecule has 0 aromatic heterocycles. The summed E-state index contributed by atoms with van der Waals surface area (Å²) in [6.45, 7) is 2.59. The molecule has 14 nitrogen and oxygen atoms in total. The highest BCUT2D eigenvalue weighted by Crippen LogP contribution is 2.37. The third-order valence-electron chi connectivity index (χ3n) is 13.0. The predicted molar refractivity (Wildman–Crippen MR) is 257 cm³/mol. The second kappa shape index (κ2) is 24.0. The zero-order valence-corrected chi connectivity index (χ0v) is 39.3. The number of carbonyl (C=O) groups is 2. The summed E-state index contributed by atoms with van der Waals surface area (Å²) >= 11 is 0. The molecule has 5 aromatic rings. The molecule has 2 saturated heterocycles. The lowest BCUT2D eigenvalue weighted by Gasteiger charge is -2.28. The van der Waals surface area contributed by atoms with Gasteiger partial charge in [0.15, 0.2) is 0 Å². The minimum atomic E-state index is -0.939. The molecular formula is C56H62O14. The average Bonchev–Trinajstić information content (AvgIpc) is 4.36. The van der Waals surface area contributed by atoms with Gasteiger partial charge in [0.05, 0.1) is 24.3 Å². The van der Waals surface area contributed by atoms with Gasteiger partial charge in [-0.2, -0.15) is 0 Å². The van der Waals surface area contributed by atoms with E-state index in [4.69, 9.17) is 47.4 Å². The Kier molecular flexibility index (Phi) is 16.7. The van der Waals surface area contributed by atoms with Gasteiger partial charge in [-0.3, -0.25) is 0 Å². The molecule has 2 N–H and O–H groups in total. The zero-order chi connectivity index (χ0) is 48.1. The van der Waals surface area contributed by atoms with Crippen LogP contribution in [0.3, 0.4) is 0 Å². The lowest BCUT2D eigenvalue weighted by atomic mass is 9.83. The third-order valence-corrected chi connectivity index (χ3v) is 13.0. The van der Waals surface area contributed by atoms with Gasteiger partial charge in [-0.15, -0.1) is 0 Å². The monoisotopic (exact) mass is 958 g/mol. The molecule has 0 radical (unpaired) electrons. The Morgan fingerprint density at radius 1 is 0.443 bits per heavy atom. The maximum Gasteiger partial charge on any atom is 0.338 e. The average molecular weight is 959 g/mol. The van der Waals surface area contributed by atoms with Gasteiger partial charge in [0, 0.05) is 6.07 Å². The molecule has 70 heavy (non-hydrogen) atoms. The van der Waals surface area contributed by atoms with Crippen LogP contribution >= 0.6 is 0 Å². The molecule has 5 aromatic carbocycles. The number of hydrogen-bond acceptors (Lipinski definition) is 14. The molecule has 4 atom stereocenters. The van der Waals surface area contributed by atoms with Crippen LogP contribution in [0.2, 0.25) is 0 Å². The lowest BCUT2D eigenvalue weighted by Crippen LogP contribution is -2.25. The minimum Gasteiger partial charge on any atom is -0.491 e. The van der Waals surface area contributed by atoms with Crippen molar-refractivity contribution >= 4 is 11.9 Å². The van der Waals surface area contributed by atoms with Crippen molar-refractivity contribution in [2.75, 3.05) is 52.9 Å². The minimum absolute atomic E-state index is 0.0283. The number of benzene rings is 5. The molecule has 0 amide bonds. The Morgan fingerprint density at radius 3 is 1.13 bits per heavy atom. The molecule has 4 aliphatic rings. The summed E-state index contributed by atoms with van der Waals surface area (Å²) in [4.78, 5) is 25.9. The van der Waals surface area contributed by atoms with Gasteiger partial charge in [-0.25, -0.2) is 9.59 Å².